The predicted molar refractivity (Wildman–Crippen MR) is 31.4 cm³/mol. The lowest BCUT2D eigenvalue weighted by atomic mass is 10.6. The molecule has 0 amide bonds. The molecule has 0 fully saturated rings. The fourth-order valence-corrected chi connectivity index (χ4v) is 0.878. The average molecular weight is 190 g/mol. The summed E-state index contributed by atoms with van der Waals surface area (Å²) in [6.45, 7) is 0. The van der Waals surface area contributed by atoms with Gasteiger partial charge in [-0.25, -0.2) is 4.98 Å². The second kappa shape index (κ2) is 2.38. The van der Waals surface area contributed by atoms with Crippen LogP contribution in [0.25, 0.3) is 0 Å². The van der Waals surface area contributed by atoms with E-state index in [4.69, 9.17) is 0 Å². The van der Waals surface area contributed by atoms with Crippen LogP contribution in [-0.4, -0.2) is 19.9 Å². The first kappa shape index (κ1) is 7.90. The minimum atomic E-state index is -4.51. The Bertz CT molecular complexity index is 433. The number of hydrogen-bond donors (Lipinski definition) is 0. The third-order valence-corrected chi connectivity index (χ3v) is 1.39. The number of tetrazole rings is 1. The van der Waals surface area contributed by atoms with E-state index in [0.29, 0.717) is 0 Å². The third-order valence-electron chi connectivity index (χ3n) is 1.39. The summed E-state index contributed by atoms with van der Waals surface area (Å²) in [5.74, 6) is -1.07. The second-order valence-electron chi connectivity index (χ2n) is 2.24. The largest absolute Gasteiger partial charge is 0.488 e. The van der Waals surface area contributed by atoms with Crippen molar-refractivity contribution in [3.05, 3.63) is 24.5 Å². The summed E-state index contributed by atoms with van der Waals surface area (Å²) >= 11 is 0. The molecule has 2 aromatic rings. The van der Waals surface area contributed by atoms with E-state index in [1.54, 1.807) is 0 Å². The summed E-state index contributed by atoms with van der Waals surface area (Å²) in [6, 6.07) is 0. The van der Waals surface area contributed by atoms with Gasteiger partial charge in [0.2, 0.25) is 0 Å². The van der Waals surface area contributed by atoms with Crippen molar-refractivity contribution in [3.8, 4) is 0 Å². The van der Waals surface area contributed by atoms with Crippen LogP contribution in [-0.2, 0) is 6.18 Å². The lowest BCUT2D eigenvalue weighted by Crippen LogP contribution is -2.36. The molecule has 0 aliphatic heterocycles. The summed E-state index contributed by atoms with van der Waals surface area (Å²) in [5.41, 5.74) is 0. The number of aromatic nitrogens is 5. The smallest absolute Gasteiger partial charge is 0.237 e. The molecular weight excluding hydrogens is 187 g/mol. The minimum Gasteiger partial charge on any atom is -0.237 e. The molecule has 0 saturated carbocycles. The van der Waals surface area contributed by atoms with Crippen molar-refractivity contribution >= 4 is 0 Å². The number of nitrogens with zero attached hydrogens (tertiary/aromatic N) is 5. The molecule has 0 aliphatic rings. The summed E-state index contributed by atoms with van der Waals surface area (Å²) in [7, 11) is 0. The molecule has 0 radical (unpaired) electrons. The maximum atomic E-state index is 12.2. The van der Waals surface area contributed by atoms with E-state index in [1.807, 2.05) is 0 Å². The van der Waals surface area contributed by atoms with Crippen molar-refractivity contribution < 1.29 is 17.7 Å². The van der Waals surface area contributed by atoms with Crippen LogP contribution >= 0.6 is 0 Å². The lowest BCUT2D eigenvalue weighted by molar-refractivity contribution is -0.645. The predicted octanol–water partition coefficient (Wildman–Crippen LogP) is -0.271. The molecule has 2 heterocycles. The molecule has 0 atom stereocenters. The van der Waals surface area contributed by atoms with Crippen LogP contribution in [0, 0.1) is 0 Å². The van der Waals surface area contributed by atoms with Crippen molar-refractivity contribution in [3.63, 3.8) is 0 Å². The highest BCUT2D eigenvalue weighted by Gasteiger charge is 2.44. The van der Waals surface area contributed by atoms with Gasteiger partial charge in [-0.05, 0) is 4.63 Å². The Morgan fingerprint density at radius 1 is 1.38 bits per heavy atom. The van der Waals surface area contributed by atoms with Crippen molar-refractivity contribution in [2.24, 2.45) is 0 Å². The number of halogens is 3. The molecule has 0 spiro atoms. The van der Waals surface area contributed by atoms with Crippen LogP contribution in [0.3, 0.4) is 0 Å². The molecule has 0 saturated heterocycles. The Kier molecular flexibility index (Phi) is 1.44. The summed E-state index contributed by atoms with van der Waals surface area (Å²) < 4.78 is 38.2. The first-order valence-corrected chi connectivity index (χ1v) is 3.23. The normalized spacial score (nSPS) is 12.2. The fourth-order valence-electron chi connectivity index (χ4n) is 0.878. The average Bonchev–Trinajstić information content (AvgIpc) is 2.45. The van der Waals surface area contributed by atoms with Gasteiger partial charge >= 0.3 is 12.0 Å². The standard InChI is InChI=1S/C5H3F3N5/c6-5(7,8)4-10-11-13-3-9-1-2-12(4)13/h1-3H/q+1. The zero-order valence-corrected chi connectivity index (χ0v) is 6.10. The van der Waals surface area contributed by atoms with Gasteiger partial charge in [0, 0.05) is 0 Å². The quantitative estimate of drug-likeness (QED) is 0.537. The lowest BCUT2D eigenvalue weighted by Gasteiger charge is -1.95. The monoisotopic (exact) mass is 190 g/mol. The Morgan fingerprint density at radius 3 is 2.85 bits per heavy atom. The molecule has 0 aromatic carbocycles. The van der Waals surface area contributed by atoms with E-state index < -0.39 is 12.0 Å². The maximum absolute atomic E-state index is 12.2. The third kappa shape index (κ3) is 1.19. The van der Waals surface area contributed by atoms with Crippen LogP contribution in [0.4, 0.5) is 13.2 Å². The van der Waals surface area contributed by atoms with Gasteiger partial charge in [0.15, 0.2) is 11.5 Å². The van der Waals surface area contributed by atoms with Gasteiger partial charge in [-0.3, -0.25) is 0 Å². The van der Waals surface area contributed by atoms with Gasteiger partial charge in [0.1, 0.15) is 11.3 Å². The minimum absolute atomic E-state index is 0.757. The van der Waals surface area contributed by atoms with E-state index in [-0.39, 0.29) is 0 Å². The van der Waals surface area contributed by atoms with Gasteiger partial charge in [-0.15, -0.1) is 4.52 Å². The van der Waals surface area contributed by atoms with Crippen molar-refractivity contribution in [1.29, 1.82) is 0 Å². The highest BCUT2D eigenvalue weighted by Crippen LogP contribution is 2.23. The van der Waals surface area contributed by atoms with Gasteiger partial charge in [-0.1, -0.05) is 0 Å². The molecule has 5 nitrogen and oxygen atoms in total. The van der Waals surface area contributed by atoms with Gasteiger partial charge in [-0.2, -0.15) is 13.2 Å². The molecule has 68 valence electrons. The topological polar surface area (TPSA) is 47.2 Å². The van der Waals surface area contributed by atoms with Crippen LogP contribution in [0.5, 0.6) is 0 Å². The molecule has 0 aliphatic carbocycles. The van der Waals surface area contributed by atoms with Crippen molar-refractivity contribution in [2.75, 3.05) is 0 Å². The fraction of sp³-hybridized carbons (Fsp3) is 0.200. The van der Waals surface area contributed by atoms with Crippen LogP contribution < -0.4 is 4.52 Å². The van der Waals surface area contributed by atoms with Gasteiger partial charge < -0.3 is 0 Å². The van der Waals surface area contributed by atoms with Crippen LogP contribution in [0.15, 0.2) is 18.7 Å². The Hall–Kier alpha value is -1.73. The Morgan fingerprint density at radius 2 is 2.15 bits per heavy atom. The van der Waals surface area contributed by atoms with Crippen LogP contribution in [0.2, 0.25) is 0 Å². The highest BCUT2D eigenvalue weighted by atomic mass is 19.4. The molecule has 8 heteroatoms. The molecular formula is C5H3F3N5+. The Labute approximate surface area is 69.4 Å². The van der Waals surface area contributed by atoms with Crippen LogP contribution in [0.1, 0.15) is 5.82 Å². The number of fused-ring (bicyclic) bond motifs is 1. The first-order valence-electron chi connectivity index (χ1n) is 3.23. The SMILES string of the molecule is FC(F)(F)c1nnn2cncc[n+]12. The van der Waals surface area contributed by atoms with Crippen molar-refractivity contribution in [2.45, 2.75) is 6.18 Å². The first-order chi connectivity index (χ1) is 6.09. The number of hydrogen-bond acceptors (Lipinski definition) is 3. The van der Waals surface area contributed by atoms with Crippen molar-refractivity contribution in [1.82, 2.24) is 19.9 Å². The van der Waals surface area contributed by atoms with E-state index in [2.05, 4.69) is 15.3 Å². The maximum Gasteiger partial charge on any atom is 0.488 e. The van der Waals surface area contributed by atoms with E-state index in [9.17, 15) is 13.2 Å². The zero-order chi connectivity index (χ0) is 9.47. The summed E-state index contributed by atoms with van der Waals surface area (Å²) in [5, 5.41) is 6.21. The second-order valence-corrected chi connectivity index (χ2v) is 2.24. The van der Waals surface area contributed by atoms with E-state index in [1.165, 1.54) is 6.20 Å². The Balaban J connectivity index is 2.72. The zero-order valence-electron chi connectivity index (χ0n) is 6.10. The van der Waals surface area contributed by atoms with Gasteiger partial charge in [0.25, 0.3) is 0 Å². The molecule has 0 N–H and O–H groups in total. The molecule has 2 aromatic heterocycles. The highest BCUT2D eigenvalue weighted by molar-refractivity contribution is 4.77. The molecule has 0 unspecified atom stereocenters. The molecule has 2 rings (SSSR count). The summed E-state index contributed by atoms with van der Waals surface area (Å²) in [4.78, 5) is 3.58. The number of alkyl halides is 3. The molecule has 13 heavy (non-hydrogen) atoms. The van der Waals surface area contributed by atoms with E-state index in [0.717, 1.165) is 21.7 Å². The number of rotatable bonds is 0. The summed E-state index contributed by atoms with van der Waals surface area (Å²) in [6.07, 6.45) is -1.03. The van der Waals surface area contributed by atoms with E-state index >= 15 is 0 Å². The van der Waals surface area contributed by atoms with Gasteiger partial charge in [0.05, 0.1) is 6.20 Å². The molecule has 0 bridgehead atoms.